The molecule has 0 aliphatic rings. The molecule has 0 saturated heterocycles. The third kappa shape index (κ3) is 3.66. The molecule has 1 atom stereocenters. The zero-order chi connectivity index (χ0) is 11.3. The summed E-state index contributed by atoms with van der Waals surface area (Å²) in [7, 11) is 4.07. The second-order valence-electron chi connectivity index (χ2n) is 3.47. The molecule has 0 aromatic carbocycles. The minimum absolute atomic E-state index is 0.394. The first kappa shape index (κ1) is 12.8. The normalized spacial score (nSPS) is 12.8. The smallest absolute Gasteiger partial charge is 0.185 e. The molecule has 1 N–H and O–H groups in total. The van der Waals surface area contributed by atoms with Crippen molar-refractivity contribution in [3.8, 4) is 0 Å². The van der Waals surface area contributed by atoms with Crippen LogP contribution >= 0.6 is 23.1 Å². The maximum absolute atomic E-state index is 4.43. The SMILES string of the molecule is CNC(C)c1cnc(N(C)CCSC)s1. The minimum atomic E-state index is 0.394. The standard InChI is InChI=1S/C10H19N3S2/c1-8(11-2)9-7-12-10(15-9)13(3)5-6-14-4/h7-8,11H,5-6H2,1-4H3. The summed E-state index contributed by atoms with van der Waals surface area (Å²) in [5.41, 5.74) is 0. The molecule has 86 valence electrons. The molecule has 0 amide bonds. The van der Waals surface area contributed by atoms with Crippen LogP contribution in [0, 0.1) is 0 Å². The van der Waals surface area contributed by atoms with Crippen LogP contribution in [0.4, 0.5) is 5.13 Å². The topological polar surface area (TPSA) is 28.2 Å². The first-order chi connectivity index (χ1) is 7.19. The van der Waals surface area contributed by atoms with Gasteiger partial charge in [-0.05, 0) is 20.2 Å². The monoisotopic (exact) mass is 245 g/mol. The summed E-state index contributed by atoms with van der Waals surface area (Å²) in [5.74, 6) is 1.15. The van der Waals surface area contributed by atoms with E-state index < -0.39 is 0 Å². The van der Waals surface area contributed by atoms with Crippen molar-refractivity contribution in [2.45, 2.75) is 13.0 Å². The van der Waals surface area contributed by atoms with E-state index in [1.807, 2.05) is 25.0 Å². The zero-order valence-corrected chi connectivity index (χ0v) is 11.4. The molecular formula is C10H19N3S2. The van der Waals surface area contributed by atoms with E-state index in [0.29, 0.717) is 6.04 Å². The van der Waals surface area contributed by atoms with Crippen LogP contribution in [-0.2, 0) is 0 Å². The Hall–Kier alpha value is -0.260. The quantitative estimate of drug-likeness (QED) is 0.832. The van der Waals surface area contributed by atoms with Gasteiger partial charge >= 0.3 is 0 Å². The summed E-state index contributed by atoms with van der Waals surface area (Å²) in [6, 6.07) is 0.394. The van der Waals surface area contributed by atoms with Crippen molar-refractivity contribution in [3.05, 3.63) is 11.1 Å². The molecule has 1 heterocycles. The van der Waals surface area contributed by atoms with Crippen molar-refractivity contribution in [3.63, 3.8) is 0 Å². The van der Waals surface area contributed by atoms with E-state index in [0.717, 1.165) is 17.4 Å². The van der Waals surface area contributed by atoms with Crippen LogP contribution in [0.5, 0.6) is 0 Å². The Balaban J connectivity index is 2.58. The molecule has 0 spiro atoms. The van der Waals surface area contributed by atoms with Crippen LogP contribution in [-0.4, -0.2) is 37.6 Å². The van der Waals surface area contributed by atoms with Crippen molar-refractivity contribution in [2.75, 3.05) is 37.5 Å². The van der Waals surface area contributed by atoms with E-state index in [4.69, 9.17) is 0 Å². The fourth-order valence-corrected chi connectivity index (χ4v) is 2.54. The van der Waals surface area contributed by atoms with Crippen molar-refractivity contribution >= 4 is 28.2 Å². The van der Waals surface area contributed by atoms with Crippen molar-refractivity contribution in [2.24, 2.45) is 0 Å². The van der Waals surface area contributed by atoms with Crippen molar-refractivity contribution in [1.82, 2.24) is 10.3 Å². The number of nitrogens with zero attached hydrogens (tertiary/aromatic N) is 2. The van der Waals surface area contributed by atoms with E-state index in [-0.39, 0.29) is 0 Å². The number of hydrogen-bond acceptors (Lipinski definition) is 5. The summed E-state index contributed by atoms with van der Waals surface area (Å²) < 4.78 is 0. The van der Waals surface area contributed by atoms with Crippen LogP contribution in [0.3, 0.4) is 0 Å². The molecule has 0 fully saturated rings. The largest absolute Gasteiger partial charge is 0.350 e. The highest BCUT2D eigenvalue weighted by Gasteiger charge is 2.10. The highest BCUT2D eigenvalue weighted by Crippen LogP contribution is 2.26. The number of nitrogens with one attached hydrogen (secondary N) is 1. The van der Waals surface area contributed by atoms with E-state index in [1.165, 1.54) is 4.88 Å². The number of thiazole rings is 1. The second-order valence-corrected chi connectivity index (χ2v) is 5.50. The number of hydrogen-bond donors (Lipinski definition) is 1. The van der Waals surface area contributed by atoms with E-state index in [2.05, 4.69) is 35.4 Å². The molecule has 1 rings (SSSR count). The zero-order valence-electron chi connectivity index (χ0n) is 9.78. The fourth-order valence-electron chi connectivity index (χ4n) is 1.12. The fraction of sp³-hybridized carbons (Fsp3) is 0.700. The molecule has 0 aliphatic carbocycles. The summed E-state index contributed by atoms with van der Waals surface area (Å²) in [6.45, 7) is 3.21. The average molecular weight is 245 g/mol. The predicted molar refractivity (Wildman–Crippen MR) is 71.2 cm³/mol. The molecule has 0 saturated carbocycles. The Labute approximate surface area is 100 Å². The highest BCUT2D eigenvalue weighted by atomic mass is 32.2. The molecule has 0 aliphatic heterocycles. The molecule has 1 unspecified atom stereocenters. The first-order valence-electron chi connectivity index (χ1n) is 5.02. The third-order valence-corrected chi connectivity index (χ3v) is 4.21. The van der Waals surface area contributed by atoms with Gasteiger partial charge in [-0.1, -0.05) is 0 Å². The van der Waals surface area contributed by atoms with E-state index in [1.54, 1.807) is 11.3 Å². The molecule has 15 heavy (non-hydrogen) atoms. The first-order valence-corrected chi connectivity index (χ1v) is 7.23. The molecule has 1 aromatic rings. The van der Waals surface area contributed by atoms with E-state index >= 15 is 0 Å². The number of thioether (sulfide) groups is 1. The van der Waals surface area contributed by atoms with Crippen LogP contribution in [0.25, 0.3) is 0 Å². The van der Waals surface area contributed by atoms with Crippen LogP contribution in [0.1, 0.15) is 17.8 Å². The Morgan fingerprint density at radius 2 is 2.40 bits per heavy atom. The highest BCUT2D eigenvalue weighted by molar-refractivity contribution is 7.98. The summed E-state index contributed by atoms with van der Waals surface area (Å²) in [6.07, 6.45) is 4.10. The lowest BCUT2D eigenvalue weighted by molar-refractivity contribution is 0.662. The Kier molecular flexibility index (Phi) is 5.42. The molecule has 0 bridgehead atoms. The average Bonchev–Trinajstić information content (AvgIpc) is 2.74. The third-order valence-electron chi connectivity index (χ3n) is 2.33. The number of anilines is 1. The van der Waals surface area contributed by atoms with Crippen molar-refractivity contribution < 1.29 is 0 Å². The van der Waals surface area contributed by atoms with Gasteiger partial charge in [0.15, 0.2) is 5.13 Å². The van der Waals surface area contributed by atoms with Gasteiger partial charge in [-0.2, -0.15) is 11.8 Å². The van der Waals surface area contributed by atoms with Gasteiger partial charge in [0.25, 0.3) is 0 Å². The number of rotatable bonds is 6. The van der Waals surface area contributed by atoms with Crippen LogP contribution < -0.4 is 10.2 Å². The molecule has 3 nitrogen and oxygen atoms in total. The lowest BCUT2D eigenvalue weighted by atomic mass is 10.3. The Bertz CT molecular complexity index is 288. The van der Waals surface area contributed by atoms with Crippen LogP contribution in [0.15, 0.2) is 6.20 Å². The van der Waals surface area contributed by atoms with Crippen molar-refractivity contribution in [1.29, 1.82) is 0 Å². The van der Waals surface area contributed by atoms with Gasteiger partial charge in [-0.3, -0.25) is 0 Å². The number of aromatic nitrogens is 1. The Morgan fingerprint density at radius 1 is 1.67 bits per heavy atom. The lowest BCUT2D eigenvalue weighted by Gasteiger charge is -2.14. The molecule has 0 radical (unpaired) electrons. The van der Waals surface area contributed by atoms with Gasteiger partial charge in [0.1, 0.15) is 0 Å². The molecule has 1 aromatic heterocycles. The van der Waals surface area contributed by atoms with Gasteiger partial charge in [0, 0.05) is 36.5 Å². The predicted octanol–water partition coefficient (Wildman–Crippen LogP) is 2.22. The summed E-state index contributed by atoms with van der Waals surface area (Å²) in [4.78, 5) is 7.94. The van der Waals surface area contributed by atoms with Gasteiger partial charge in [-0.15, -0.1) is 11.3 Å². The Morgan fingerprint density at radius 3 is 3.00 bits per heavy atom. The van der Waals surface area contributed by atoms with E-state index in [9.17, 15) is 0 Å². The van der Waals surface area contributed by atoms with Crippen LogP contribution in [0.2, 0.25) is 0 Å². The lowest BCUT2D eigenvalue weighted by Crippen LogP contribution is -2.19. The van der Waals surface area contributed by atoms with Gasteiger partial charge in [0.05, 0.1) is 0 Å². The van der Waals surface area contributed by atoms with Gasteiger partial charge < -0.3 is 10.2 Å². The minimum Gasteiger partial charge on any atom is -0.350 e. The van der Waals surface area contributed by atoms with Gasteiger partial charge in [-0.25, -0.2) is 4.98 Å². The summed E-state index contributed by atoms with van der Waals surface area (Å²) in [5, 5.41) is 4.34. The molecular weight excluding hydrogens is 226 g/mol. The maximum Gasteiger partial charge on any atom is 0.185 e. The second kappa shape index (κ2) is 6.35. The summed E-state index contributed by atoms with van der Waals surface area (Å²) >= 11 is 3.63. The van der Waals surface area contributed by atoms with Gasteiger partial charge in [0.2, 0.25) is 0 Å². The molecule has 5 heteroatoms. The maximum atomic E-state index is 4.43.